The Labute approximate surface area is 168 Å². The number of piperidine rings is 1. The second-order valence-corrected chi connectivity index (χ2v) is 6.97. The standard InChI is InChI=1S/C21H22N4O4/c1-15-5-2-3-8-19(15)21(27)24-11-9-17(10-12-24)20(26)23-22-14-16-6-4-7-18(13-16)25(28)29/h2-8,13-14,17H,9-12H2,1H3,(H,23,26)/b22-14-. The molecule has 150 valence electrons. The van der Waals surface area contributed by atoms with Crippen LogP contribution in [0.5, 0.6) is 0 Å². The van der Waals surface area contributed by atoms with Crippen LogP contribution >= 0.6 is 0 Å². The van der Waals surface area contributed by atoms with Gasteiger partial charge in [0.2, 0.25) is 5.91 Å². The van der Waals surface area contributed by atoms with Gasteiger partial charge in [0.15, 0.2) is 0 Å². The summed E-state index contributed by atoms with van der Waals surface area (Å²) in [6.45, 7) is 2.94. The normalized spacial score (nSPS) is 14.7. The Hall–Kier alpha value is -3.55. The predicted molar refractivity (Wildman–Crippen MR) is 109 cm³/mol. The number of aryl methyl sites for hydroxylation is 1. The van der Waals surface area contributed by atoms with Crippen LogP contribution in [0.3, 0.4) is 0 Å². The molecule has 8 nitrogen and oxygen atoms in total. The van der Waals surface area contributed by atoms with Gasteiger partial charge in [-0.2, -0.15) is 5.10 Å². The van der Waals surface area contributed by atoms with E-state index in [0.717, 1.165) is 5.56 Å². The van der Waals surface area contributed by atoms with Crippen LogP contribution in [0.1, 0.15) is 34.3 Å². The first-order valence-corrected chi connectivity index (χ1v) is 9.38. The number of rotatable bonds is 5. The van der Waals surface area contributed by atoms with E-state index in [1.165, 1.54) is 18.3 Å². The number of amides is 2. The molecule has 1 N–H and O–H groups in total. The number of hydrogen-bond donors (Lipinski definition) is 1. The van der Waals surface area contributed by atoms with Gasteiger partial charge in [-0.05, 0) is 31.4 Å². The molecule has 0 unspecified atom stereocenters. The Morgan fingerprint density at radius 1 is 1.17 bits per heavy atom. The maximum absolute atomic E-state index is 12.7. The van der Waals surface area contributed by atoms with E-state index in [0.29, 0.717) is 37.1 Å². The van der Waals surface area contributed by atoms with Gasteiger partial charge in [-0.15, -0.1) is 0 Å². The first kappa shape index (κ1) is 20.2. The average Bonchev–Trinajstić information content (AvgIpc) is 2.74. The number of nitrogens with one attached hydrogen (secondary N) is 1. The van der Waals surface area contributed by atoms with E-state index in [2.05, 4.69) is 10.5 Å². The lowest BCUT2D eigenvalue weighted by Crippen LogP contribution is -2.42. The number of nitro benzene ring substituents is 1. The number of nitrogens with zero attached hydrogens (tertiary/aromatic N) is 3. The van der Waals surface area contributed by atoms with E-state index >= 15 is 0 Å². The van der Waals surface area contributed by atoms with Crippen LogP contribution in [0.25, 0.3) is 0 Å². The first-order chi connectivity index (χ1) is 14.0. The van der Waals surface area contributed by atoms with Crippen molar-refractivity contribution in [3.05, 3.63) is 75.3 Å². The number of hydrogen-bond acceptors (Lipinski definition) is 5. The summed E-state index contributed by atoms with van der Waals surface area (Å²) in [4.78, 5) is 37.1. The lowest BCUT2D eigenvalue weighted by atomic mass is 9.95. The monoisotopic (exact) mass is 394 g/mol. The Kier molecular flexibility index (Phi) is 6.33. The van der Waals surface area contributed by atoms with Crippen molar-refractivity contribution >= 4 is 23.7 Å². The number of nitro groups is 1. The van der Waals surface area contributed by atoms with Crippen LogP contribution in [-0.4, -0.2) is 40.9 Å². The fraction of sp³-hybridized carbons (Fsp3) is 0.286. The topological polar surface area (TPSA) is 105 Å². The molecule has 2 amide bonds. The van der Waals surface area contributed by atoms with Gasteiger partial charge in [0.25, 0.3) is 11.6 Å². The summed E-state index contributed by atoms with van der Waals surface area (Å²) in [7, 11) is 0. The van der Waals surface area contributed by atoms with E-state index < -0.39 is 4.92 Å². The number of benzene rings is 2. The fourth-order valence-corrected chi connectivity index (χ4v) is 3.31. The smallest absolute Gasteiger partial charge is 0.270 e. The van der Waals surface area contributed by atoms with Crippen LogP contribution in [0, 0.1) is 23.0 Å². The van der Waals surface area contributed by atoms with Gasteiger partial charge in [-0.25, -0.2) is 5.43 Å². The van der Waals surface area contributed by atoms with Gasteiger partial charge in [0, 0.05) is 42.3 Å². The molecule has 1 saturated heterocycles. The Morgan fingerprint density at radius 2 is 1.90 bits per heavy atom. The zero-order valence-electron chi connectivity index (χ0n) is 16.1. The second kappa shape index (κ2) is 9.09. The molecular formula is C21H22N4O4. The molecule has 2 aromatic carbocycles. The summed E-state index contributed by atoms with van der Waals surface area (Å²) in [5.41, 5.74) is 4.61. The third-order valence-electron chi connectivity index (χ3n) is 5.00. The number of non-ortho nitro benzene ring substituents is 1. The minimum Gasteiger partial charge on any atom is -0.339 e. The van der Waals surface area contributed by atoms with Gasteiger partial charge >= 0.3 is 0 Å². The molecule has 1 aliphatic rings. The lowest BCUT2D eigenvalue weighted by Gasteiger charge is -2.31. The molecule has 2 aromatic rings. The van der Waals surface area contributed by atoms with Crippen molar-refractivity contribution in [1.29, 1.82) is 0 Å². The summed E-state index contributed by atoms with van der Waals surface area (Å²) >= 11 is 0. The summed E-state index contributed by atoms with van der Waals surface area (Å²) in [5.74, 6) is -0.446. The SMILES string of the molecule is Cc1ccccc1C(=O)N1CCC(C(=O)N/N=C\c2cccc([N+](=O)[O-])c2)CC1. The number of carbonyl (C=O) groups is 2. The predicted octanol–water partition coefficient (Wildman–Crippen LogP) is 2.91. The molecule has 0 spiro atoms. The van der Waals surface area contributed by atoms with E-state index in [1.807, 2.05) is 31.2 Å². The minimum atomic E-state index is -0.484. The van der Waals surface area contributed by atoms with Crippen LogP contribution in [0.2, 0.25) is 0 Å². The van der Waals surface area contributed by atoms with E-state index in [4.69, 9.17) is 0 Å². The molecule has 0 radical (unpaired) electrons. The second-order valence-electron chi connectivity index (χ2n) is 6.97. The third kappa shape index (κ3) is 5.04. The summed E-state index contributed by atoms with van der Waals surface area (Å²) in [5, 5.41) is 14.7. The molecular weight excluding hydrogens is 372 g/mol. The quantitative estimate of drug-likeness (QED) is 0.478. The van der Waals surface area contributed by atoms with Crippen molar-refractivity contribution in [2.24, 2.45) is 11.0 Å². The minimum absolute atomic E-state index is 0.00866. The number of hydrazone groups is 1. The summed E-state index contributed by atoms with van der Waals surface area (Å²) < 4.78 is 0. The molecule has 0 aromatic heterocycles. The molecule has 3 rings (SSSR count). The largest absolute Gasteiger partial charge is 0.339 e. The highest BCUT2D eigenvalue weighted by Gasteiger charge is 2.28. The molecule has 1 heterocycles. The van der Waals surface area contributed by atoms with Gasteiger partial charge < -0.3 is 4.90 Å². The van der Waals surface area contributed by atoms with Gasteiger partial charge in [0.05, 0.1) is 11.1 Å². The maximum atomic E-state index is 12.7. The molecule has 29 heavy (non-hydrogen) atoms. The van der Waals surface area contributed by atoms with Gasteiger partial charge in [-0.3, -0.25) is 19.7 Å². The fourth-order valence-electron chi connectivity index (χ4n) is 3.31. The molecule has 0 atom stereocenters. The van der Waals surface area contributed by atoms with Crippen LogP contribution in [0.4, 0.5) is 5.69 Å². The molecule has 0 aliphatic carbocycles. The van der Waals surface area contributed by atoms with Crippen molar-refractivity contribution in [2.45, 2.75) is 19.8 Å². The molecule has 1 aliphatic heterocycles. The highest BCUT2D eigenvalue weighted by molar-refractivity contribution is 5.95. The van der Waals surface area contributed by atoms with Crippen molar-refractivity contribution in [3.63, 3.8) is 0 Å². The van der Waals surface area contributed by atoms with Crippen LogP contribution in [-0.2, 0) is 4.79 Å². The Morgan fingerprint density at radius 3 is 2.59 bits per heavy atom. The maximum Gasteiger partial charge on any atom is 0.270 e. The lowest BCUT2D eigenvalue weighted by molar-refractivity contribution is -0.384. The molecule has 8 heteroatoms. The van der Waals surface area contributed by atoms with E-state index in [9.17, 15) is 19.7 Å². The van der Waals surface area contributed by atoms with Crippen molar-refractivity contribution in [3.8, 4) is 0 Å². The van der Waals surface area contributed by atoms with E-state index in [-0.39, 0.29) is 23.4 Å². The van der Waals surface area contributed by atoms with E-state index in [1.54, 1.807) is 17.0 Å². The van der Waals surface area contributed by atoms with Crippen LogP contribution in [0.15, 0.2) is 53.6 Å². The number of likely N-dealkylation sites (tertiary alicyclic amines) is 1. The average molecular weight is 394 g/mol. The summed E-state index contributed by atoms with van der Waals surface area (Å²) in [6, 6.07) is 13.5. The number of carbonyl (C=O) groups excluding carboxylic acids is 2. The highest BCUT2D eigenvalue weighted by Crippen LogP contribution is 2.20. The molecule has 1 fully saturated rings. The molecule has 0 saturated carbocycles. The van der Waals surface area contributed by atoms with Gasteiger partial charge in [0.1, 0.15) is 0 Å². The zero-order valence-corrected chi connectivity index (χ0v) is 16.1. The van der Waals surface area contributed by atoms with Crippen LogP contribution < -0.4 is 5.43 Å². The van der Waals surface area contributed by atoms with Crippen molar-refractivity contribution in [1.82, 2.24) is 10.3 Å². The zero-order chi connectivity index (χ0) is 20.8. The third-order valence-corrected chi connectivity index (χ3v) is 5.00. The molecule has 0 bridgehead atoms. The van der Waals surface area contributed by atoms with Crippen molar-refractivity contribution in [2.75, 3.05) is 13.1 Å². The Bertz CT molecular complexity index is 949. The van der Waals surface area contributed by atoms with Crippen molar-refractivity contribution < 1.29 is 14.5 Å². The highest BCUT2D eigenvalue weighted by atomic mass is 16.6. The summed E-state index contributed by atoms with van der Waals surface area (Å²) in [6.07, 6.45) is 2.51. The van der Waals surface area contributed by atoms with Gasteiger partial charge in [-0.1, -0.05) is 30.3 Å². The Balaban J connectivity index is 1.51. The first-order valence-electron chi connectivity index (χ1n) is 9.38.